The van der Waals surface area contributed by atoms with Crippen LogP contribution in [0.5, 0.6) is 11.5 Å². The average Bonchev–Trinajstić information content (AvgIpc) is 2.92. The lowest BCUT2D eigenvalue weighted by Crippen LogP contribution is -2.25. The molecule has 6 nitrogen and oxygen atoms in total. The number of sulfone groups is 1. The molecule has 2 unspecified atom stereocenters. The SMILES string of the molecule is O=P1(CCS(=O)(=O)CCP2(=O)Oc3ccccc3-c3ccccc32)Oc2ccccc2C2=C1C=CCC2. The summed E-state index contributed by atoms with van der Waals surface area (Å²) in [6.45, 7) is 0. The number of rotatable bonds is 6. The number of hydrogen-bond donors (Lipinski definition) is 0. The Balaban J connectivity index is 1.22. The van der Waals surface area contributed by atoms with Crippen molar-refractivity contribution in [2.24, 2.45) is 0 Å². The largest absolute Gasteiger partial charge is 0.439 e. The van der Waals surface area contributed by atoms with E-state index in [0.29, 0.717) is 22.1 Å². The van der Waals surface area contributed by atoms with Crippen molar-refractivity contribution in [3.05, 3.63) is 95.8 Å². The van der Waals surface area contributed by atoms with Gasteiger partial charge >= 0.3 is 0 Å². The van der Waals surface area contributed by atoms with E-state index in [9.17, 15) is 17.5 Å². The number of para-hydroxylation sites is 2. The highest BCUT2D eigenvalue weighted by Gasteiger charge is 2.40. The normalized spacial score (nSPS) is 23.7. The molecule has 0 fully saturated rings. The Labute approximate surface area is 216 Å². The first-order chi connectivity index (χ1) is 17.8. The summed E-state index contributed by atoms with van der Waals surface area (Å²) in [7, 11) is -10.6. The summed E-state index contributed by atoms with van der Waals surface area (Å²) in [4.78, 5) is 0. The van der Waals surface area contributed by atoms with Gasteiger partial charge < -0.3 is 9.05 Å². The molecule has 3 aromatic rings. The lowest BCUT2D eigenvalue weighted by molar-refractivity contribution is 0.486. The van der Waals surface area contributed by atoms with Crippen LogP contribution in [0.1, 0.15) is 18.4 Å². The fourth-order valence-electron chi connectivity index (χ4n) is 5.17. The Morgan fingerprint density at radius 2 is 1.27 bits per heavy atom. The molecule has 3 aliphatic rings. The maximum absolute atomic E-state index is 14.0. The molecule has 3 aromatic carbocycles. The Morgan fingerprint density at radius 3 is 2.03 bits per heavy atom. The molecule has 190 valence electrons. The van der Waals surface area contributed by atoms with Crippen LogP contribution in [0.4, 0.5) is 0 Å². The molecule has 0 saturated carbocycles. The highest BCUT2D eigenvalue weighted by molar-refractivity contribution is 7.92. The van der Waals surface area contributed by atoms with E-state index in [4.69, 9.17) is 9.05 Å². The number of benzene rings is 3. The molecule has 0 N–H and O–H groups in total. The van der Waals surface area contributed by atoms with Crippen LogP contribution in [0.15, 0.2) is 90.3 Å². The van der Waals surface area contributed by atoms with Gasteiger partial charge in [-0.2, -0.15) is 0 Å². The summed E-state index contributed by atoms with van der Waals surface area (Å²) in [5.74, 6) is 0.366. The van der Waals surface area contributed by atoms with E-state index in [2.05, 4.69) is 0 Å². The molecule has 0 saturated heterocycles. The van der Waals surface area contributed by atoms with E-state index in [1.165, 1.54) is 0 Å². The fourth-order valence-corrected chi connectivity index (χ4v) is 13.2. The third kappa shape index (κ3) is 4.44. The first-order valence-electron chi connectivity index (χ1n) is 12.2. The van der Waals surface area contributed by atoms with E-state index < -0.39 is 24.6 Å². The van der Waals surface area contributed by atoms with E-state index in [1.54, 1.807) is 30.3 Å². The van der Waals surface area contributed by atoms with Gasteiger partial charge in [0.1, 0.15) is 11.5 Å². The molecule has 0 radical (unpaired) electrons. The third-order valence-electron chi connectivity index (χ3n) is 7.06. The molecule has 0 spiro atoms. The van der Waals surface area contributed by atoms with Gasteiger partial charge in [0.25, 0.3) is 14.7 Å². The minimum absolute atomic E-state index is 0.128. The average molecular weight is 553 g/mol. The first-order valence-corrected chi connectivity index (χ1v) is 17.7. The molecule has 2 heterocycles. The number of hydrogen-bond acceptors (Lipinski definition) is 6. The molecule has 0 aromatic heterocycles. The Hall–Kier alpha value is -2.85. The lowest BCUT2D eigenvalue weighted by Gasteiger charge is -2.31. The number of allylic oxidation sites excluding steroid dienone is 4. The minimum Gasteiger partial charge on any atom is -0.439 e. The van der Waals surface area contributed by atoms with Crippen molar-refractivity contribution in [2.75, 3.05) is 23.8 Å². The van der Waals surface area contributed by atoms with Crippen LogP contribution in [0.3, 0.4) is 0 Å². The van der Waals surface area contributed by atoms with Crippen molar-refractivity contribution >= 4 is 35.5 Å². The van der Waals surface area contributed by atoms with Crippen molar-refractivity contribution in [1.29, 1.82) is 0 Å². The first kappa shape index (κ1) is 24.5. The molecular weight excluding hydrogens is 526 g/mol. The zero-order valence-corrected chi connectivity index (χ0v) is 22.7. The van der Waals surface area contributed by atoms with Crippen LogP contribution < -0.4 is 14.4 Å². The number of fused-ring (bicyclic) bond motifs is 5. The van der Waals surface area contributed by atoms with Gasteiger partial charge in [0.15, 0.2) is 9.84 Å². The van der Waals surface area contributed by atoms with Gasteiger partial charge in [-0.05, 0) is 42.2 Å². The second kappa shape index (κ2) is 9.16. The third-order valence-corrected chi connectivity index (χ3v) is 14.2. The minimum atomic E-state index is -3.70. The van der Waals surface area contributed by atoms with E-state index in [0.717, 1.165) is 35.1 Å². The maximum Gasteiger partial charge on any atom is 0.278 e. The summed E-state index contributed by atoms with van der Waals surface area (Å²) in [6, 6.07) is 22.1. The van der Waals surface area contributed by atoms with Crippen LogP contribution in [0.25, 0.3) is 16.7 Å². The lowest BCUT2D eigenvalue weighted by atomic mass is 9.96. The Morgan fingerprint density at radius 1 is 0.703 bits per heavy atom. The fraction of sp³-hybridized carbons (Fsp3) is 0.214. The molecule has 1 aliphatic carbocycles. The smallest absolute Gasteiger partial charge is 0.278 e. The summed E-state index contributed by atoms with van der Waals surface area (Å²) >= 11 is 0. The van der Waals surface area contributed by atoms with Crippen LogP contribution >= 0.6 is 14.7 Å². The summed E-state index contributed by atoms with van der Waals surface area (Å²) < 4.78 is 66.3. The second-order valence-corrected chi connectivity index (χ2v) is 16.7. The predicted octanol–water partition coefficient (Wildman–Crippen LogP) is 6.50. The van der Waals surface area contributed by atoms with Crippen LogP contribution in [-0.2, 0) is 19.0 Å². The van der Waals surface area contributed by atoms with Crippen molar-refractivity contribution < 1.29 is 26.6 Å². The van der Waals surface area contributed by atoms with Crippen LogP contribution in [0, 0.1) is 0 Å². The molecule has 0 bridgehead atoms. The van der Waals surface area contributed by atoms with E-state index >= 15 is 0 Å². The summed E-state index contributed by atoms with van der Waals surface area (Å²) in [5.41, 5.74) is 3.53. The highest BCUT2D eigenvalue weighted by atomic mass is 32.2. The quantitative estimate of drug-likeness (QED) is 0.325. The Bertz CT molecular complexity index is 1670. The highest BCUT2D eigenvalue weighted by Crippen LogP contribution is 2.63. The van der Waals surface area contributed by atoms with Gasteiger partial charge in [0.05, 0.1) is 34.4 Å². The molecule has 2 aliphatic heterocycles. The van der Waals surface area contributed by atoms with E-state index in [-0.39, 0.29) is 23.8 Å². The zero-order valence-electron chi connectivity index (χ0n) is 20.1. The van der Waals surface area contributed by atoms with Gasteiger partial charge in [-0.15, -0.1) is 0 Å². The van der Waals surface area contributed by atoms with Gasteiger partial charge in [0.2, 0.25) is 0 Å². The molecular formula is C28H26O6P2S. The van der Waals surface area contributed by atoms with Gasteiger partial charge in [-0.3, -0.25) is 9.13 Å². The van der Waals surface area contributed by atoms with E-state index in [1.807, 2.05) is 54.6 Å². The monoisotopic (exact) mass is 552 g/mol. The Kier molecular flexibility index (Phi) is 6.06. The maximum atomic E-state index is 14.0. The second-order valence-electron chi connectivity index (χ2n) is 9.44. The molecule has 37 heavy (non-hydrogen) atoms. The summed E-state index contributed by atoms with van der Waals surface area (Å²) in [5, 5.41) is 1.15. The van der Waals surface area contributed by atoms with Crippen molar-refractivity contribution in [2.45, 2.75) is 12.8 Å². The summed E-state index contributed by atoms with van der Waals surface area (Å²) in [6.07, 6.45) is 5.08. The van der Waals surface area contributed by atoms with Gasteiger partial charge in [-0.25, -0.2) is 8.42 Å². The van der Waals surface area contributed by atoms with Gasteiger partial charge in [-0.1, -0.05) is 66.7 Å². The van der Waals surface area contributed by atoms with Crippen LogP contribution in [-0.4, -0.2) is 32.2 Å². The van der Waals surface area contributed by atoms with Crippen molar-refractivity contribution in [3.63, 3.8) is 0 Å². The zero-order chi connectivity index (χ0) is 25.7. The van der Waals surface area contributed by atoms with Gasteiger partial charge in [0, 0.05) is 11.1 Å². The predicted molar refractivity (Wildman–Crippen MR) is 148 cm³/mol. The van der Waals surface area contributed by atoms with Crippen LogP contribution in [0.2, 0.25) is 0 Å². The molecule has 2 atom stereocenters. The standard InChI is InChI=1S/C28H26O6P2S/c29-35(27-15-7-3-11-23(27)21-9-1-5-13-25(21)33-35)17-19-37(31,32)20-18-36(30)28-16-8-4-12-24(28)22-10-2-6-14-26(22)34-36/h1-3,5-11,13-16H,4,12,17-20H2. The molecule has 9 heteroatoms. The molecule has 0 amide bonds. The van der Waals surface area contributed by atoms with Crippen molar-refractivity contribution in [3.8, 4) is 22.6 Å². The van der Waals surface area contributed by atoms with Crippen molar-refractivity contribution in [1.82, 2.24) is 0 Å². The topological polar surface area (TPSA) is 86.7 Å². The molecule has 6 rings (SSSR count).